The minimum atomic E-state index is -3.16. The lowest BCUT2D eigenvalue weighted by Gasteiger charge is -2.41. The number of likely N-dealkylation sites (tertiary alicyclic amines) is 2. The van der Waals surface area contributed by atoms with Crippen molar-refractivity contribution in [1.29, 1.82) is 0 Å². The molecule has 4 heterocycles. The van der Waals surface area contributed by atoms with Crippen molar-refractivity contribution in [3.05, 3.63) is 71.6 Å². The number of hydrogen-bond acceptors (Lipinski definition) is 8. The molecule has 4 N–H and O–H groups in total. The van der Waals surface area contributed by atoms with Crippen LogP contribution in [0.25, 0.3) is 33.6 Å². The highest BCUT2D eigenvalue weighted by molar-refractivity contribution is 5.87. The Hall–Kier alpha value is -5.94. The van der Waals surface area contributed by atoms with E-state index in [4.69, 9.17) is 4.74 Å². The normalized spacial score (nSPS) is 22.9. The van der Waals surface area contributed by atoms with Crippen LogP contribution in [-0.4, -0.2) is 105 Å². The number of halogens is 4. The Morgan fingerprint density at radius 3 is 1.50 bits per heavy atom. The van der Waals surface area contributed by atoms with E-state index in [-0.39, 0.29) is 17.6 Å². The molecule has 18 heteroatoms. The number of methoxy groups -OCH3 is 2. The molecule has 2 aliphatic heterocycles. The Bertz CT molecular complexity index is 2410. The van der Waals surface area contributed by atoms with Gasteiger partial charge < -0.3 is 39.9 Å². The maximum atomic E-state index is 15.1. The van der Waals surface area contributed by atoms with Gasteiger partial charge in [0.25, 0.3) is 11.8 Å². The lowest BCUT2D eigenvalue weighted by atomic mass is 9.64. The first-order chi connectivity index (χ1) is 30.4. The molecule has 2 saturated heterocycles. The molecule has 4 amide bonds. The number of H-pyrrole nitrogens is 2. The molecule has 1 saturated carbocycles. The topological polar surface area (TPSA) is 175 Å². The third-order valence-corrected chi connectivity index (χ3v) is 13.3. The molecule has 2 aromatic carbocycles. The highest BCUT2D eigenvalue weighted by Gasteiger charge is 2.52. The van der Waals surface area contributed by atoms with Crippen molar-refractivity contribution in [1.82, 2.24) is 40.4 Å². The zero-order valence-corrected chi connectivity index (χ0v) is 36.6. The van der Waals surface area contributed by atoms with E-state index in [2.05, 4.69) is 41.4 Å². The summed E-state index contributed by atoms with van der Waals surface area (Å²) in [6.07, 6.45) is 4.44. The van der Waals surface area contributed by atoms with Gasteiger partial charge in [-0.1, -0.05) is 64.1 Å². The molecule has 5 aliphatic rings. The van der Waals surface area contributed by atoms with Gasteiger partial charge in [-0.2, -0.15) is 0 Å². The van der Waals surface area contributed by atoms with Gasteiger partial charge in [0.15, 0.2) is 0 Å². The van der Waals surface area contributed by atoms with E-state index >= 15 is 8.78 Å². The van der Waals surface area contributed by atoms with Crippen molar-refractivity contribution in [3.63, 3.8) is 0 Å². The quantitative estimate of drug-likeness (QED) is 0.109. The fourth-order valence-electron chi connectivity index (χ4n) is 10.1. The summed E-state index contributed by atoms with van der Waals surface area (Å²) in [6.45, 7) is 5.25. The van der Waals surface area contributed by atoms with E-state index in [0.717, 1.165) is 57.7 Å². The van der Waals surface area contributed by atoms with Crippen LogP contribution < -0.4 is 10.6 Å². The summed E-state index contributed by atoms with van der Waals surface area (Å²) in [4.78, 5) is 69.2. The molecule has 3 fully saturated rings. The van der Waals surface area contributed by atoms with Gasteiger partial charge in [-0.05, 0) is 77.2 Å². The molecule has 64 heavy (non-hydrogen) atoms. The summed E-state index contributed by atoms with van der Waals surface area (Å²) in [5, 5.41) is 4.98. The van der Waals surface area contributed by atoms with E-state index in [1.54, 1.807) is 40.1 Å². The van der Waals surface area contributed by atoms with Crippen LogP contribution in [0.2, 0.25) is 0 Å². The Labute approximate surface area is 368 Å². The molecule has 0 radical (unpaired) electrons. The summed E-state index contributed by atoms with van der Waals surface area (Å²) in [7, 11) is 2.34. The average Bonchev–Trinajstić information content (AvgIpc) is 4.09. The molecule has 4 unspecified atom stereocenters. The molecule has 4 aromatic rings. The van der Waals surface area contributed by atoms with Gasteiger partial charge in [-0.3, -0.25) is 9.59 Å². The van der Waals surface area contributed by atoms with Gasteiger partial charge in [-0.15, -0.1) is 0 Å². The predicted molar refractivity (Wildman–Crippen MR) is 227 cm³/mol. The number of nitrogens with zero attached hydrogens (tertiary/aromatic N) is 4. The van der Waals surface area contributed by atoms with Gasteiger partial charge in [0.05, 0.1) is 63.2 Å². The molecular weight excluding hydrogens is 837 g/mol. The van der Waals surface area contributed by atoms with Crippen LogP contribution in [-0.2, 0) is 19.1 Å². The highest BCUT2D eigenvalue weighted by atomic mass is 19.3. The molecule has 14 nitrogen and oxygen atoms in total. The second-order valence-corrected chi connectivity index (χ2v) is 18.3. The number of nitrogens with one attached hydrogen (secondary N) is 4. The number of imidazole rings is 2. The van der Waals surface area contributed by atoms with E-state index in [1.807, 2.05) is 30.3 Å². The minimum absolute atomic E-state index is 0.212. The Morgan fingerprint density at radius 2 is 1.05 bits per heavy atom. The third-order valence-electron chi connectivity index (χ3n) is 13.3. The second-order valence-electron chi connectivity index (χ2n) is 18.3. The number of alkyl halides is 4. The molecule has 3 aliphatic carbocycles. The number of amides is 4. The zero-order chi connectivity index (χ0) is 45.8. The number of rotatable bonds is 11. The first-order valence-corrected chi connectivity index (χ1v) is 21.8. The predicted octanol–water partition coefficient (Wildman–Crippen LogP) is 8.47. The van der Waals surface area contributed by atoms with Gasteiger partial charge >= 0.3 is 12.2 Å². The Balaban J connectivity index is 1.06. The van der Waals surface area contributed by atoms with E-state index in [1.165, 1.54) is 25.3 Å². The Kier molecular flexibility index (Phi) is 12.0. The summed E-state index contributed by atoms with van der Waals surface area (Å²) in [5.41, 5.74) is 7.48. The second kappa shape index (κ2) is 17.2. The SMILES string of the molecule is COC(=O)NC(C(=O)N1CC(F)(F)CC1c1ncc(-c2ccc(-c3ccc(-c4cnc(C5CC(F)(F)CN5C(=O)C(NC(=O)OC)C(C)C)[nH]4)c4c3C3CCC4CC3)cc2)[nH]1)C(C)C. The van der Waals surface area contributed by atoms with Crippen molar-refractivity contribution in [2.24, 2.45) is 11.8 Å². The van der Waals surface area contributed by atoms with Crippen LogP contribution in [0.1, 0.15) is 113 Å². The number of fused-ring (bicyclic) bond motifs is 2. The standard InChI is InChI=1S/C46H54F4N8O6/c1-23(2)37(55-43(61)63-5)41(59)57-21-45(47,48)17-33(57)39-51-19-31(53-39)26-9-7-25(8-10-26)29-15-16-30(36-28-13-11-27(12-14-28)35(29)36)32-20-52-40(54-32)34-18-46(49,50)22-58(34)42(60)38(24(3)4)56-44(62)64-6/h7-10,15-16,19-20,23-24,27-28,33-34,37-38H,11-14,17-18,21-22H2,1-6H3,(H,51,53)(H,52,54)(H,55,61)(H,56,62). The third kappa shape index (κ3) is 8.54. The van der Waals surface area contributed by atoms with Crippen molar-refractivity contribution in [2.75, 3.05) is 27.3 Å². The largest absolute Gasteiger partial charge is 0.453 e. The van der Waals surface area contributed by atoms with Crippen molar-refractivity contribution < 1.29 is 46.2 Å². The summed E-state index contributed by atoms with van der Waals surface area (Å²) < 4.78 is 69.4. The smallest absolute Gasteiger partial charge is 0.407 e. The van der Waals surface area contributed by atoms with Crippen LogP contribution in [0, 0.1) is 11.8 Å². The fraction of sp³-hybridized carbons (Fsp3) is 0.522. The number of hydrogen-bond donors (Lipinski definition) is 4. The number of carbonyl (C=O) groups excluding carboxylic acids is 4. The summed E-state index contributed by atoms with van der Waals surface area (Å²) >= 11 is 0. The van der Waals surface area contributed by atoms with Crippen LogP contribution >= 0.6 is 0 Å². The molecule has 0 spiro atoms. The van der Waals surface area contributed by atoms with Crippen LogP contribution in [0.5, 0.6) is 0 Å². The molecule has 342 valence electrons. The number of benzene rings is 2. The van der Waals surface area contributed by atoms with Gasteiger partial charge in [0.2, 0.25) is 11.8 Å². The maximum Gasteiger partial charge on any atom is 0.407 e. The number of aromatic amines is 2. The summed E-state index contributed by atoms with van der Waals surface area (Å²) in [6, 6.07) is 7.78. The van der Waals surface area contributed by atoms with Gasteiger partial charge in [0.1, 0.15) is 23.7 Å². The van der Waals surface area contributed by atoms with Gasteiger partial charge in [-0.25, -0.2) is 37.1 Å². The number of aromatic nitrogens is 4. The summed E-state index contributed by atoms with van der Waals surface area (Å²) in [5.74, 6) is -7.33. The lowest BCUT2D eigenvalue weighted by molar-refractivity contribution is -0.137. The molecule has 2 bridgehead atoms. The van der Waals surface area contributed by atoms with E-state index < -0.39 is 97.8 Å². The molecule has 4 atom stereocenters. The molecule has 9 rings (SSSR count). The first kappa shape index (κ1) is 44.7. The first-order valence-electron chi connectivity index (χ1n) is 21.8. The average molecular weight is 891 g/mol. The number of carbonyl (C=O) groups is 4. The van der Waals surface area contributed by atoms with Crippen molar-refractivity contribution >= 4 is 24.0 Å². The lowest BCUT2D eigenvalue weighted by Crippen LogP contribution is -2.51. The fourth-order valence-corrected chi connectivity index (χ4v) is 10.1. The van der Waals surface area contributed by atoms with Gasteiger partial charge in [0, 0.05) is 18.4 Å². The molecule has 2 aromatic heterocycles. The Morgan fingerprint density at radius 1 is 0.641 bits per heavy atom. The van der Waals surface area contributed by atoms with E-state index in [0.29, 0.717) is 17.3 Å². The van der Waals surface area contributed by atoms with Crippen molar-refractivity contribution in [3.8, 4) is 33.6 Å². The monoisotopic (exact) mass is 890 g/mol. The van der Waals surface area contributed by atoms with Crippen LogP contribution in [0.3, 0.4) is 0 Å². The highest BCUT2D eigenvalue weighted by Crippen LogP contribution is 2.55. The number of ether oxygens (including phenoxy) is 2. The van der Waals surface area contributed by atoms with E-state index in [9.17, 15) is 28.0 Å². The number of alkyl carbamates (subject to hydrolysis) is 2. The zero-order valence-electron chi connectivity index (χ0n) is 36.6. The van der Waals surface area contributed by atoms with Crippen molar-refractivity contribution in [2.45, 2.75) is 114 Å². The van der Waals surface area contributed by atoms with Crippen LogP contribution in [0.15, 0.2) is 48.8 Å². The van der Waals surface area contributed by atoms with Crippen LogP contribution in [0.4, 0.5) is 27.2 Å². The molecular formula is C46H54F4N8O6. The maximum absolute atomic E-state index is 15.1. The minimum Gasteiger partial charge on any atom is -0.453 e.